The van der Waals surface area contributed by atoms with Crippen LogP contribution in [-0.2, 0) is 18.3 Å². The second-order valence-corrected chi connectivity index (χ2v) is 6.66. The molecule has 0 fully saturated rings. The third-order valence-electron chi connectivity index (χ3n) is 4.30. The van der Waals surface area contributed by atoms with E-state index >= 15 is 0 Å². The van der Waals surface area contributed by atoms with Crippen molar-refractivity contribution in [1.29, 1.82) is 0 Å². The van der Waals surface area contributed by atoms with Gasteiger partial charge in [0.1, 0.15) is 0 Å². The lowest BCUT2D eigenvalue weighted by atomic mass is 9.87. The third-order valence-corrected chi connectivity index (χ3v) is 5.34. The number of hydrogen-bond acceptors (Lipinski definition) is 3. The van der Waals surface area contributed by atoms with Crippen molar-refractivity contribution in [1.82, 2.24) is 14.5 Å². The molecular formula is C17H21N3OS. The average Bonchev–Trinajstić information content (AvgIpc) is 2.96. The van der Waals surface area contributed by atoms with E-state index in [9.17, 15) is 4.79 Å². The molecule has 0 saturated heterocycles. The molecule has 0 saturated carbocycles. The molecule has 1 unspecified atom stereocenters. The minimum absolute atomic E-state index is 0.162. The molecule has 3 rings (SSSR count). The van der Waals surface area contributed by atoms with Crippen molar-refractivity contribution in [3.63, 3.8) is 0 Å². The molecule has 1 amide bonds. The molecule has 0 spiro atoms. The molecule has 1 aromatic carbocycles. The summed E-state index contributed by atoms with van der Waals surface area (Å²) < 4.78 is 1.94. The predicted molar refractivity (Wildman–Crippen MR) is 88.8 cm³/mol. The molecule has 1 aromatic heterocycles. The van der Waals surface area contributed by atoms with E-state index in [1.54, 1.807) is 6.20 Å². The summed E-state index contributed by atoms with van der Waals surface area (Å²) in [7, 11) is 3.87. The zero-order valence-corrected chi connectivity index (χ0v) is 13.8. The van der Waals surface area contributed by atoms with Gasteiger partial charge in [0, 0.05) is 26.5 Å². The zero-order chi connectivity index (χ0) is 15.5. The molecule has 1 aliphatic carbocycles. The molecule has 116 valence electrons. The van der Waals surface area contributed by atoms with Crippen LogP contribution in [0.3, 0.4) is 0 Å². The molecule has 0 bridgehead atoms. The molecule has 1 heterocycles. The Morgan fingerprint density at radius 2 is 2.27 bits per heavy atom. The third kappa shape index (κ3) is 3.04. The number of benzene rings is 1. The lowest BCUT2D eigenvalue weighted by Crippen LogP contribution is -2.34. The van der Waals surface area contributed by atoms with Crippen molar-refractivity contribution in [2.24, 2.45) is 7.05 Å². The van der Waals surface area contributed by atoms with Crippen LogP contribution < -0.4 is 0 Å². The van der Waals surface area contributed by atoms with Crippen LogP contribution in [0.25, 0.3) is 0 Å². The molecule has 0 N–H and O–H groups in total. The van der Waals surface area contributed by atoms with Crippen molar-refractivity contribution in [2.45, 2.75) is 30.5 Å². The second-order valence-electron chi connectivity index (χ2n) is 5.72. The molecule has 1 atom stereocenters. The van der Waals surface area contributed by atoms with Crippen LogP contribution in [0.4, 0.5) is 0 Å². The van der Waals surface area contributed by atoms with Gasteiger partial charge >= 0.3 is 0 Å². The minimum atomic E-state index is 0.162. The number of amides is 1. The highest BCUT2D eigenvalue weighted by Crippen LogP contribution is 2.33. The Hall–Kier alpha value is -1.75. The molecular weight excluding hydrogens is 294 g/mol. The minimum Gasteiger partial charge on any atom is -0.338 e. The highest BCUT2D eigenvalue weighted by atomic mass is 32.2. The molecule has 22 heavy (non-hydrogen) atoms. The maximum Gasteiger partial charge on any atom is 0.233 e. The van der Waals surface area contributed by atoms with Crippen molar-refractivity contribution < 1.29 is 4.79 Å². The van der Waals surface area contributed by atoms with E-state index < -0.39 is 0 Å². The Kier molecular flexibility index (Phi) is 4.52. The summed E-state index contributed by atoms with van der Waals surface area (Å²) >= 11 is 1.50. The maximum atomic E-state index is 12.5. The molecule has 2 aromatic rings. The van der Waals surface area contributed by atoms with Crippen LogP contribution in [-0.4, -0.2) is 33.2 Å². The average molecular weight is 315 g/mol. The summed E-state index contributed by atoms with van der Waals surface area (Å²) in [5.74, 6) is 0.592. The van der Waals surface area contributed by atoms with Crippen LogP contribution in [0.1, 0.15) is 30.0 Å². The van der Waals surface area contributed by atoms with Gasteiger partial charge in [0.2, 0.25) is 5.91 Å². The molecule has 0 aliphatic heterocycles. The fourth-order valence-electron chi connectivity index (χ4n) is 3.02. The summed E-state index contributed by atoms with van der Waals surface area (Å²) in [4.78, 5) is 18.7. The van der Waals surface area contributed by atoms with Crippen LogP contribution in [0.2, 0.25) is 0 Å². The van der Waals surface area contributed by atoms with Gasteiger partial charge in [0.15, 0.2) is 5.16 Å². The lowest BCUT2D eigenvalue weighted by Gasteiger charge is -2.33. The Balaban J connectivity index is 1.67. The Labute approximate surface area is 135 Å². The fourth-order valence-corrected chi connectivity index (χ4v) is 3.88. The monoisotopic (exact) mass is 315 g/mol. The van der Waals surface area contributed by atoms with Crippen LogP contribution in [0, 0.1) is 0 Å². The number of carbonyl (C=O) groups is 1. The first-order chi connectivity index (χ1) is 10.7. The van der Waals surface area contributed by atoms with Gasteiger partial charge in [-0.15, -0.1) is 0 Å². The number of nitrogens with zero attached hydrogens (tertiary/aromatic N) is 3. The van der Waals surface area contributed by atoms with Crippen LogP contribution in [0.5, 0.6) is 0 Å². The van der Waals surface area contributed by atoms with Gasteiger partial charge in [-0.3, -0.25) is 4.79 Å². The van der Waals surface area contributed by atoms with Crippen molar-refractivity contribution in [3.8, 4) is 0 Å². The number of rotatable bonds is 4. The number of aromatic nitrogens is 2. The highest BCUT2D eigenvalue weighted by Gasteiger charge is 2.26. The zero-order valence-electron chi connectivity index (χ0n) is 13.0. The Bertz CT molecular complexity index is 667. The molecule has 0 radical (unpaired) electrons. The van der Waals surface area contributed by atoms with Gasteiger partial charge in [-0.1, -0.05) is 36.0 Å². The second kappa shape index (κ2) is 6.57. The predicted octanol–water partition coefficient (Wildman–Crippen LogP) is 3.05. The number of carbonyl (C=O) groups excluding carboxylic acids is 1. The van der Waals surface area contributed by atoms with Crippen molar-refractivity contribution in [2.75, 3.05) is 12.8 Å². The summed E-state index contributed by atoms with van der Waals surface area (Å²) in [5, 5.41) is 0.880. The van der Waals surface area contributed by atoms with Crippen molar-refractivity contribution in [3.05, 3.63) is 47.8 Å². The van der Waals surface area contributed by atoms with Gasteiger partial charge in [-0.05, 0) is 30.4 Å². The van der Waals surface area contributed by atoms with Gasteiger partial charge in [0.05, 0.1) is 11.8 Å². The summed E-state index contributed by atoms with van der Waals surface area (Å²) in [6.07, 6.45) is 6.97. The number of imidazole rings is 1. The number of fused-ring (bicyclic) bond motifs is 1. The van der Waals surface area contributed by atoms with E-state index in [4.69, 9.17) is 0 Å². The van der Waals surface area contributed by atoms with E-state index in [0.717, 1.165) is 24.4 Å². The van der Waals surface area contributed by atoms with E-state index in [1.165, 1.54) is 22.9 Å². The smallest absolute Gasteiger partial charge is 0.233 e. The molecule has 5 heteroatoms. The summed E-state index contributed by atoms with van der Waals surface area (Å²) in [6.45, 7) is 0. The van der Waals surface area contributed by atoms with Crippen LogP contribution in [0.15, 0.2) is 41.8 Å². The molecule has 4 nitrogen and oxygen atoms in total. The number of hydrogen-bond donors (Lipinski definition) is 0. The van der Waals surface area contributed by atoms with Gasteiger partial charge in [-0.2, -0.15) is 0 Å². The van der Waals surface area contributed by atoms with E-state index in [0.29, 0.717) is 5.75 Å². The quantitative estimate of drug-likeness (QED) is 0.814. The topological polar surface area (TPSA) is 38.1 Å². The van der Waals surface area contributed by atoms with Gasteiger partial charge in [-0.25, -0.2) is 4.98 Å². The molecule has 1 aliphatic rings. The Morgan fingerprint density at radius 3 is 3.05 bits per heavy atom. The summed E-state index contributed by atoms with van der Waals surface area (Å²) in [5.41, 5.74) is 2.70. The standard InChI is InChI=1S/C17H21N3OS/c1-19-11-10-18-17(19)22-12-16(21)20(2)15-9-5-7-13-6-3-4-8-14(13)15/h3-4,6,8,10-11,15H,5,7,9,12H2,1-2H3. The van der Waals surface area contributed by atoms with E-state index in [1.807, 2.05) is 29.8 Å². The van der Waals surface area contributed by atoms with Gasteiger partial charge < -0.3 is 9.47 Å². The van der Waals surface area contributed by atoms with Crippen molar-refractivity contribution >= 4 is 17.7 Å². The van der Waals surface area contributed by atoms with Crippen LogP contribution >= 0.6 is 11.8 Å². The summed E-state index contributed by atoms with van der Waals surface area (Å²) in [6, 6.07) is 8.70. The largest absolute Gasteiger partial charge is 0.338 e. The lowest BCUT2D eigenvalue weighted by molar-refractivity contribution is -0.129. The Morgan fingerprint density at radius 1 is 1.45 bits per heavy atom. The maximum absolute atomic E-state index is 12.5. The first kappa shape index (κ1) is 15.2. The number of aryl methyl sites for hydroxylation is 2. The fraction of sp³-hybridized carbons (Fsp3) is 0.412. The SMILES string of the molecule is CN(C(=O)CSc1nccn1C)C1CCCc2ccccc21. The first-order valence-corrected chi connectivity index (χ1v) is 8.59. The first-order valence-electron chi connectivity index (χ1n) is 7.60. The normalized spacial score (nSPS) is 17.1. The van der Waals surface area contributed by atoms with E-state index in [-0.39, 0.29) is 11.9 Å². The highest BCUT2D eigenvalue weighted by molar-refractivity contribution is 7.99. The van der Waals surface area contributed by atoms with Gasteiger partial charge in [0.25, 0.3) is 0 Å². The number of thioether (sulfide) groups is 1. The van der Waals surface area contributed by atoms with E-state index in [2.05, 4.69) is 29.2 Å².